The normalized spacial score (nSPS) is 12.8. The van der Waals surface area contributed by atoms with Gasteiger partial charge in [-0.15, -0.1) is 11.3 Å². The van der Waals surface area contributed by atoms with Gasteiger partial charge in [-0.1, -0.05) is 0 Å². The number of benzene rings is 1. The van der Waals surface area contributed by atoms with Crippen molar-refractivity contribution in [3.63, 3.8) is 0 Å². The predicted octanol–water partition coefficient (Wildman–Crippen LogP) is 2.92. The number of ether oxygens (including phenoxy) is 1. The summed E-state index contributed by atoms with van der Waals surface area (Å²) in [7, 11) is 0. The molecule has 3 rings (SSSR count). The Morgan fingerprint density at radius 1 is 1.19 bits per heavy atom. The van der Waals surface area contributed by atoms with E-state index >= 15 is 0 Å². The minimum atomic E-state index is -0.736. The first kappa shape index (κ1) is 23.4. The van der Waals surface area contributed by atoms with E-state index in [1.807, 2.05) is 6.92 Å². The number of hydrogen-bond donors (Lipinski definition) is 2. The zero-order valence-electron chi connectivity index (χ0n) is 17.8. The predicted molar refractivity (Wildman–Crippen MR) is 118 cm³/mol. The number of nitrogens with zero attached hydrogens (tertiary/aromatic N) is 1. The molecule has 0 aliphatic heterocycles. The second kappa shape index (κ2) is 9.90. The molecular formula is C22H24FN3O5S. The molecule has 3 N–H and O–H groups in total. The van der Waals surface area contributed by atoms with Crippen LogP contribution in [0.25, 0.3) is 0 Å². The van der Waals surface area contributed by atoms with Crippen LogP contribution in [0.2, 0.25) is 0 Å². The van der Waals surface area contributed by atoms with Crippen molar-refractivity contribution in [1.82, 2.24) is 0 Å². The molecule has 2 aromatic rings. The number of halogens is 1. The first-order valence-electron chi connectivity index (χ1n) is 10.1. The van der Waals surface area contributed by atoms with E-state index in [9.17, 15) is 23.6 Å². The minimum Gasteiger partial charge on any atom is -0.452 e. The van der Waals surface area contributed by atoms with E-state index in [0.29, 0.717) is 16.3 Å². The van der Waals surface area contributed by atoms with Gasteiger partial charge in [-0.3, -0.25) is 14.4 Å². The van der Waals surface area contributed by atoms with Crippen LogP contribution in [0.5, 0.6) is 0 Å². The number of carbonyl (C=O) groups excluding carboxylic acids is 4. The Hall–Kier alpha value is -3.27. The molecule has 32 heavy (non-hydrogen) atoms. The molecule has 0 unspecified atom stereocenters. The topological polar surface area (TPSA) is 119 Å². The van der Waals surface area contributed by atoms with E-state index in [-0.39, 0.29) is 30.4 Å². The summed E-state index contributed by atoms with van der Waals surface area (Å²) in [6, 6.07) is 5.12. The highest BCUT2D eigenvalue weighted by Crippen LogP contribution is 2.36. The maximum atomic E-state index is 13.3. The zero-order chi connectivity index (χ0) is 23.4. The molecule has 0 radical (unpaired) electrons. The van der Waals surface area contributed by atoms with Crippen LogP contribution >= 0.6 is 11.3 Å². The molecule has 1 aliphatic carbocycles. The molecule has 1 saturated carbocycles. The summed E-state index contributed by atoms with van der Waals surface area (Å²) < 4.78 is 18.5. The molecule has 8 nitrogen and oxygen atoms in total. The van der Waals surface area contributed by atoms with Gasteiger partial charge < -0.3 is 20.7 Å². The molecule has 10 heteroatoms. The van der Waals surface area contributed by atoms with Crippen molar-refractivity contribution < 1.29 is 28.3 Å². The van der Waals surface area contributed by atoms with Gasteiger partial charge in [0, 0.05) is 29.4 Å². The van der Waals surface area contributed by atoms with Crippen molar-refractivity contribution in [1.29, 1.82) is 0 Å². The Bertz CT molecular complexity index is 1050. The highest BCUT2D eigenvalue weighted by molar-refractivity contribution is 7.16. The first-order valence-corrected chi connectivity index (χ1v) is 10.9. The summed E-state index contributed by atoms with van der Waals surface area (Å²) in [5, 5.41) is 3.19. The number of aryl methyl sites for hydroxylation is 1. The summed E-state index contributed by atoms with van der Waals surface area (Å²) in [6.07, 6.45) is 1.54. The largest absolute Gasteiger partial charge is 0.452 e. The average Bonchev–Trinajstić information content (AvgIpc) is 3.55. The van der Waals surface area contributed by atoms with Crippen molar-refractivity contribution in [3.8, 4) is 0 Å². The smallest absolute Gasteiger partial charge is 0.341 e. The standard InChI is InChI=1S/C22H24FN3O5S/c1-12-13(2)32-21(25-20(29)14-3-4-14)19(12)22(30)31-11-18(28)26(10-9-17(24)27)16-7-5-15(23)6-8-16/h5-8,14H,3-4,9-11H2,1-2H3,(H2,24,27)(H,25,29). The van der Waals surface area contributed by atoms with E-state index < -0.39 is 30.2 Å². The lowest BCUT2D eigenvalue weighted by Gasteiger charge is -2.22. The van der Waals surface area contributed by atoms with E-state index in [4.69, 9.17) is 10.5 Å². The monoisotopic (exact) mass is 461 g/mol. The molecular weight excluding hydrogens is 437 g/mol. The molecule has 0 spiro atoms. The summed E-state index contributed by atoms with van der Waals surface area (Å²) >= 11 is 1.28. The second-order valence-corrected chi connectivity index (χ2v) is 8.79. The number of hydrogen-bond acceptors (Lipinski definition) is 6. The molecule has 1 aliphatic rings. The van der Waals surface area contributed by atoms with Gasteiger partial charge in [-0.05, 0) is 56.5 Å². The number of nitrogens with two attached hydrogens (primary N) is 1. The van der Waals surface area contributed by atoms with Crippen LogP contribution in [0.15, 0.2) is 24.3 Å². The Morgan fingerprint density at radius 2 is 1.84 bits per heavy atom. The highest BCUT2D eigenvalue weighted by Gasteiger charge is 2.32. The van der Waals surface area contributed by atoms with Gasteiger partial charge in [0.25, 0.3) is 5.91 Å². The fourth-order valence-corrected chi connectivity index (χ4v) is 4.09. The third-order valence-corrected chi connectivity index (χ3v) is 6.24. The summed E-state index contributed by atoms with van der Waals surface area (Å²) in [5.41, 5.74) is 6.42. The Kier molecular flexibility index (Phi) is 7.24. The van der Waals surface area contributed by atoms with Crippen molar-refractivity contribution in [2.75, 3.05) is 23.4 Å². The van der Waals surface area contributed by atoms with Crippen LogP contribution in [0, 0.1) is 25.6 Å². The fourth-order valence-electron chi connectivity index (χ4n) is 3.04. The highest BCUT2D eigenvalue weighted by atomic mass is 32.1. The number of primary amides is 1. The van der Waals surface area contributed by atoms with E-state index in [1.54, 1.807) is 6.92 Å². The van der Waals surface area contributed by atoms with Gasteiger partial charge in [-0.25, -0.2) is 9.18 Å². The van der Waals surface area contributed by atoms with Crippen LogP contribution in [-0.2, 0) is 19.1 Å². The Morgan fingerprint density at radius 3 is 2.44 bits per heavy atom. The lowest BCUT2D eigenvalue weighted by molar-refractivity contribution is -0.122. The molecule has 1 fully saturated rings. The van der Waals surface area contributed by atoms with Gasteiger partial charge in [0.2, 0.25) is 11.8 Å². The van der Waals surface area contributed by atoms with Crippen molar-refractivity contribution in [3.05, 3.63) is 46.1 Å². The quantitative estimate of drug-likeness (QED) is 0.557. The summed E-state index contributed by atoms with van der Waals surface area (Å²) in [6.45, 7) is 2.93. The Balaban J connectivity index is 1.71. The van der Waals surface area contributed by atoms with Crippen LogP contribution < -0.4 is 16.0 Å². The maximum absolute atomic E-state index is 13.3. The van der Waals surface area contributed by atoms with E-state index in [1.165, 1.54) is 40.5 Å². The van der Waals surface area contributed by atoms with Crippen molar-refractivity contribution in [2.24, 2.45) is 11.7 Å². The van der Waals surface area contributed by atoms with E-state index in [2.05, 4.69) is 5.32 Å². The lowest BCUT2D eigenvalue weighted by atomic mass is 10.1. The molecule has 0 saturated heterocycles. The van der Waals surface area contributed by atoms with Crippen LogP contribution in [0.1, 0.15) is 40.1 Å². The molecule has 170 valence electrons. The van der Waals surface area contributed by atoms with Gasteiger partial charge in [0.1, 0.15) is 10.8 Å². The molecule has 1 heterocycles. The van der Waals surface area contributed by atoms with Gasteiger partial charge in [0.05, 0.1) is 5.56 Å². The molecule has 0 atom stereocenters. The maximum Gasteiger partial charge on any atom is 0.341 e. The fraction of sp³-hybridized carbons (Fsp3) is 0.364. The van der Waals surface area contributed by atoms with Crippen LogP contribution in [0.3, 0.4) is 0 Å². The summed E-state index contributed by atoms with van der Waals surface area (Å²) in [4.78, 5) is 50.9. The van der Waals surface area contributed by atoms with Gasteiger partial charge in [0.15, 0.2) is 6.61 Å². The second-order valence-electron chi connectivity index (χ2n) is 7.57. The van der Waals surface area contributed by atoms with Crippen LogP contribution in [-0.4, -0.2) is 36.8 Å². The number of rotatable bonds is 9. The number of anilines is 2. The third kappa shape index (κ3) is 5.70. The zero-order valence-corrected chi connectivity index (χ0v) is 18.6. The summed E-state index contributed by atoms with van der Waals surface area (Å²) in [5.74, 6) is -2.59. The number of nitrogens with one attached hydrogen (secondary N) is 1. The number of carbonyl (C=O) groups is 4. The van der Waals surface area contributed by atoms with Crippen LogP contribution in [0.4, 0.5) is 15.1 Å². The number of esters is 1. The van der Waals surface area contributed by atoms with Crippen molar-refractivity contribution >= 4 is 45.7 Å². The third-order valence-electron chi connectivity index (χ3n) is 5.12. The molecule has 1 aromatic carbocycles. The lowest BCUT2D eigenvalue weighted by Crippen LogP contribution is -2.37. The average molecular weight is 462 g/mol. The first-order chi connectivity index (χ1) is 15.2. The Labute approximate surface area is 188 Å². The van der Waals surface area contributed by atoms with Crippen molar-refractivity contribution in [2.45, 2.75) is 33.1 Å². The minimum absolute atomic E-state index is 0.0299. The van der Waals surface area contributed by atoms with Gasteiger partial charge >= 0.3 is 5.97 Å². The van der Waals surface area contributed by atoms with E-state index in [0.717, 1.165) is 17.7 Å². The molecule has 3 amide bonds. The van der Waals surface area contributed by atoms with Gasteiger partial charge in [-0.2, -0.15) is 0 Å². The SMILES string of the molecule is Cc1sc(NC(=O)C2CC2)c(C(=O)OCC(=O)N(CCC(N)=O)c2ccc(F)cc2)c1C. The number of amides is 3. The number of thiophene rings is 1. The molecule has 1 aromatic heterocycles. The molecule has 0 bridgehead atoms.